The van der Waals surface area contributed by atoms with E-state index in [1.54, 1.807) is 0 Å². The van der Waals surface area contributed by atoms with Crippen LogP contribution in [0.3, 0.4) is 0 Å². The number of carbonyl (C=O) groups excluding carboxylic acids is 1. The molecule has 0 N–H and O–H groups in total. The Morgan fingerprint density at radius 2 is 2.10 bits per heavy atom. The molecule has 1 heterocycles. The maximum Gasteiger partial charge on any atom is 0.254 e. The summed E-state index contributed by atoms with van der Waals surface area (Å²) in [6.07, 6.45) is 2.50. The standard InChI is InChI=1S/C17H26N2O2/c1-4-5-10-18(3)16-8-6-15(7-9-16)17(20)19-11-12-21-14(2)13-19/h6-9,14H,4-5,10-13H2,1-3H3. The summed E-state index contributed by atoms with van der Waals surface area (Å²) in [4.78, 5) is 16.6. The lowest BCUT2D eigenvalue weighted by molar-refractivity contribution is -0.0124. The fraction of sp³-hybridized carbons (Fsp3) is 0.588. The molecule has 0 spiro atoms. The zero-order valence-electron chi connectivity index (χ0n) is 13.3. The molecule has 4 heteroatoms. The van der Waals surface area contributed by atoms with Crippen LogP contribution in [0.5, 0.6) is 0 Å². The minimum absolute atomic E-state index is 0.105. The van der Waals surface area contributed by atoms with Gasteiger partial charge in [-0.3, -0.25) is 4.79 Å². The Bertz CT molecular complexity index is 458. The summed E-state index contributed by atoms with van der Waals surface area (Å²) in [5.41, 5.74) is 1.92. The minimum atomic E-state index is 0.105. The largest absolute Gasteiger partial charge is 0.375 e. The van der Waals surface area contributed by atoms with Crippen molar-refractivity contribution in [3.63, 3.8) is 0 Å². The van der Waals surface area contributed by atoms with Crippen LogP contribution in [-0.2, 0) is 4.74 Å². The number of hydrogen-bond donors (Lipinski definition) is 0. The summed E-state index contributed by atoms with van der Waals surface area (Å²) in [6, 6.07) is 7.93. The Hall–Kier alpha value is -1.55. The number of unbranched alkanes of at least 4 members (excludes halogenated alkanes) is 1. The maximum atomic E-state index is 12.5. The highest BCUT2D eigenvalue weighted by atomic mass is 16.5. The highest BCUT2D eigenvalue weighted by Gasteiger charge is 2.22. The van der Waals surface area contributed by atoms with Crippen molar-refractivity contribution in [1.29, 1.82) is 0 Å². The fourth-order valence-electron chi connectivity index (χ4n) is 2.57. The molecule has 1 fully saturated rings. The van der Waals surface area contributed by atoms with Gasteiger partial charge in [0.05, 0.1) is 12.7 Å². The lowest BCUT2D eigenvalue weighted by atomic mass is 10.1. The van der Waals surface area contributed by atoms with Gasteiger partial charge in [-0.25, -0.2) is 0 Å². The molecule has 0 aliphatic carbocycles. The summed E-state index contributed by atoms with van der Waals surface area (Å²) in [7, 11) is 2.09. The number of amides is 1. The highest BCUT2D eigenvalue weighted by Crippen LogP contribution is 2.17. The van der Waals surface area contributed by atoms with E-state index in [0.29, 0.717) is 19.7 Å². The van der Waals surface area contributed by atoms with Gasteiger partial charge in [0, 0.05) is 37.9 Å². The second-order valence-corrected chi connectivity index (χ2v) is 5.75. The SMILES string of the molecule is CCCCN(C)c1ccc(C(=O)N2CCOC(C)C2)cc1. The summed E-state index contributed by atoms with van der Waals surface area (Å²) in [5.74, 6) is 0.105. The molecule has 1 aromatic rings. The number of hydrogen-bond acceptors (Lipinski definition) is 3. The first-order valence-corrected chi connectivity index (χ1v) is 7.84. The van der Waals surface area contributed by atoms with Crippen molar-refractivity contribution in [3.8, 4) is 0 Å². The number of nitrogens with zero attached hydrogens (tertiary/aromatic N) is 2. The van der Waals surface area contributed by atoms with Crippen molar-refractivity contribution < 1.29 is 9.53 Å². The molecule has 21 heavy (non-hydrogen) atoms. The van der Waals surface area contributed by atoms with Gasteiger partial charge in [0.25, 0.3) is 5.91 Å². The number of rotatable bonds is 5. The maximum absolute atomic E-state index is 12.5. The van der Waals surface area contributed by atoms with E-state index >= 15 is 0 Å². The van der Waals surface area contributed by atoms with E-state index < -0.39 is 0 Å². The van der Waals surface area contributed by atoms with E-state index in [0.717, 1.165) is 17.8 Å². The van der Waals surface area contributed by atoms with E-state index in [-0.39, 0.29) is 12.0 Å². The van der Waals surface area contributed by atoms with E-state index in [4.69, 9.17) is 4.74 Å². The van der Waals surface area contributed by atoms with Gasteiger partial charge in [0.15, 0.2) is 0 Å². The van der Waals surface area contributed by atoms with Gasteiger partial charge < -0.3 is 14.5 Å². The molecule has 1 aromatic carbocycles. The van der Waals surface area contributed by atoms with E-state index in [2.05, 4.69) is 18.9 Å². The lowest BCUT2D eigenvalue weighted by Crippen LogP contribution is -2.44. The molecule has 0 aromatic heterocycles. The predicted molar refractivity (Wildman–Crippen MR) is 85.9 cm³/mol. The molecule has 1 aliphatic rings. The zero-order chi connectivity index (χ0) is 15.2. The molecular weight excluding hydrogens is 264 g/mol. The first-order chi connectivity index (χ1) is 10.1. The van der Waals surface area contributed by atoms with Gasteiger partial charge in [-0.2, -0.15) is 0 Å². The average molecular weight is 290 g/mol. The number of anilines is 1. The molecule has 1 saturated heterocycles. The fourth-order valence-corrected chi connectivity index (χ4v) is 2.57. The van der Waals surface area contributed by atoms with Gasteiger partial charge in [-0.05, 0) is 37.6 Å². The van der Waals surface area contributed by atoms with Crippen molar-refractivity contribution in [1.82, 2.24) is 4.90 Å². The van der Waals surface area contributed by atoms with Crippen molar-refractivity contribution in [2.45, 2.75) is 32.8 Å². The average Bonchev–Trinajstić information content (AvgIpc) is 2.52. The summed E-state index contributed by atoms with van der Waals surface area (Å²) < 4.78 is 5.48. The third-order valence-corrected chi connectivity index (χ3v) is 3.93. The Morgan fingerprint density at radius 3 is 2.71 bits per heavy atom. The van der Waals surface area contributed by atoms with Gasteiger partial charge in [-0.15, -0.1) is 0 Å². The normalized spacial score (nSPS) is 18.6. The van der Waals surface area contributed by atoms with Crippen molar-refractivity contribution in [2.24, 2.45) is 0 Å². The number of carbonyl (C=O) groups is 1. The third kappa shape index (κ3) is 4.21. The van der Waals surface area contributed by atoms with Crippen LogP contribution in [0.2, 0.25) is 0 Å². The number of morpholine rings is 1. The van der Waals surface area contributed by atoms with Crippen molar-refractivity contribution in [3.05, 3.63) is 29.8 Å². The second kappa shape index (κ2) is 7.46. The zero-order valence-corrected chi connectivity index (χ0v) is 13.3. The van der Waals surface area contributed by atoms with Crippen LogP contribution in [0.1, 0.15) is 37.0 Å². The van der Waals surface area contributed by atoms with Crippen LogP contribution in [0.4, 0.5) is 5.69 Å². The summed E-state index contributed by atoms with van der Waals surface area (Å²) >= 11 is 0. The molecule has 116 valence electrons. The minimum Gasteiger partial charge on any atom is -0.375 e. The monoisotopic (exact) mass is 290 g/mol. The van der Waals surface area contributed by atoms with Gasteiger partial charge >= 0.3 is 0 Å². The second-order valence-electron chi connectivity index (χ2n) is 5.75. The van der Waals surface area contributed by atoms with Gasteiger partial charge in [-0.1, -0.05) is 13.3 Å². The Labute approximate surface area is 127 Å². The molecule has 0 saturated carbocycles. The van der Waals surface area contributed by atoms with Crippen LogP contribution >= 0.6 is 0 Å². The molecule has 4 nitrogen and oxygen atoms in total. The molecule has 0 bridgehead atoms. The number of benzene rings is 1. The smallest absolute Gasteiger partial charge is 0.254 e. The molecular formula is C17H26N2O2. The quantitative estimate of drug-likeness (QED) is 0.836. The number of ether oxygens (including phenoxy) is 1. The van der Waals surface area contributed by atoms with Crippen molar-refractivity contribution in [2.75, 3.05) is 38.2 Å². The topological polar surface area (TPSA) is 32.8 Å². The van der Waals surface area contributed by atoms with Crippen LogP contribution in [-0.4, -0.2) is 50.2 Å². The predicted octanol–water partition coefficient (Wildman–Crippen LogP) is 2.78. The summed E-state index contributed by atoms with van der Waals surface area (Å²) in [5, 5.41) is 0. The lowest BCUT2D eigenvalue weighted by Gasteiger charge is -2.31. The Balaban J connectivity index is 1.99. The van der Waals surface area contributed by atoms with Crippen LogP contribution in [0.15, 0.2) is 24.3 Å². The molecule has 1 amide bonds. The molecule has 2 rings (SSSR count). The van der Waals surface area contributed by atoms with Crippen LogP contribution < -0.4 is 4.90 Å². The Morgan fingerprint density at radius 1 is 1.38 bits per heavy atom. The van der Waals surface area contributed by atoms with E-state index in [1.807, 2.05) is 36.1 Å². The van der Waals surface area contributed by atoms with Gasteiger partial charge in [0.1, 0.15) is 0 Å². The molecule has 1 aliphatic heterocycles. The first kappa shape index (κ1) is 15.8. The highest BCUT2D eigenvalue weighted by molar-refractivity contribution is 5.94. The van der Waals surface area contributed by atoms with E-state index in [9.17, 15) is 4.79 Å². The van der Waals surface area contributed by atoms with Crippen molar-refractivity contribution >= 4 is 11.6 Å². The van der Waals surface area contributed by atoms with Crippen LogP contribution in [0.25, 0.3) is 0 Å². The van der Waals surface area contributed by atoms with Gasteiger partial charge in [0.2, 0.25) is 0 Å². The first-order valence-electron chi connectivity index (χ1n) is 7.84. The Kier molecular flexibility index (Phi) is 5.62. The van der Waals surface area contributed by atoms with E-state index in [1.165, 1.54) is 12.8 Å². The molecule has 0 radical (unpaired) electrons. The third-order valence-electron chi connectivity index (χ3n) is 3.93. The van der Waals surface area contributed by atoms with Crippen LogP contribution in [0, 0.1) is 0 Å². The molecule has 1 atom stereocenters. The summed E-state index contributed by atoms with van der Waals surface area (Å²) in [6.45, 7) is 7.23. The molecule has 1 unspecified atom stereocenters.